The number of hydrogen-bond donors (Lipinski definition) is 1. The van der Waals surface area contributed by atoms with Crippen LogP contribution in [0.5, 0.6) is 11.6 Å². The van der Waals surface area contributed by atoms with Crippen LogP contribution in [0.3, 0.4) is 0 Å². The van der Waals surface area contributed by atoms with Crippen LogP contribution in [0.25, 0.3) is 0 Å². The summed E-state index contributed by atoms with van der Waals surface area (Å²) in [4.78, 5) is 30.5. The van der Waals surface area contributed by atoms with Gasteiger partial charge in [-0.1, -0.05) is 18.5 Å². The van der Waals surface area contributed by atoms with Gasteiger partial charge in [-0.15, -0.1) is 0 Å². The Bertz CT molecular complexity index is 794. The summed E-state index contributed by atoms with van der Waals surface area (Å²) in [6, 6.07) is 8.20. The van der Waals surface area contributed by atoms with Gasteiger partial charge in [0.2, 0.25) is 11.8 Å². The fourth-order valence-corrected chi connectivity index (χ4v) is 2.57. The van der Waals surface area contributed by atoms with Crippen LogP contribution in [0.4, 0.5) is 5.69 Å². The number of benzene rings is 1. The van der Waals surface area contributed by atoms with Crippen LogP contribution in [0.2, 0.25) is 5.02 Å². The molecule has 1 aliphatic heterocycles. The van der Waals surface area contributed by atoms with Gasteiger partial charge >= 0.3 is 0 Å². The van der Waals surface area contributed by atoms with Crippen molar-refractivity contribution in [3.05, 3.63) is 47.1 Å². The fourth-order valence-electron chi connectivity index (χ4n) is 2.40. The van der Waals surface area contributed by atoms with Crippen molar-refractivity contribution in [1.82, 2.24) is 10.3 Å². The lowest BCUT2D eigenvalue weighted by atomic mass is 10.2. The summed E-state index contributed by atoms with van der Waals surface area (Å²) in [5, 5.41) is 3.21. The van der Waals surface area contributed by atoms with Crippen molar-refractivity contribution in [2.24, 2.45) is 0 Å². The smallest absolute Gasteiger partial charge is 0.264 e. The molecule has 1 aromatic heterocycles. The quantitative estimate of drug-likeness (QED) is 0.924. The third kappa shape index (κ3) is 3.19. The van der Waals surface area contributed by atoms with Gasteiger partial charge in [0.05, 0.1) is 5.69 Å². The summed E-state index contributed by atoms with van der Waals surface area (Å²) in [5.41, 5.74) is 0.741. The molecule has 1 aliphatic rings. The molecule has 2 aromatic rings. The van der Waals surface area contributed by atoms with Crippen molar-refractivity contribution < 1.29 is 14.3 Å². The van der Waals surface area contributed by atoms with Gasteiger partial charge in [-0.25, -0.2) is 4.98 Å². The van der Waals surface area contributed by atoms with Crippen molar-refractivity contribution >= 4 is 29.1 Å². The zero-order valence-corrected chi connectivity index (χ0v) is 13.8. The average molecular weight is 346 g/mol. The molecule has 0 saturated carbocycles. The van der Waals surface area contributed by atoms with E-state index in [0.29, 0.717) is 28.6 Å². The maximum absolute atomic E-state index is 12.9. The Labute approximate surface area is 144 Å². The number of rotatable bonds is 4. The Balaban J connectivity index is 2.03. The van der Waals surface area contributed by atoms with Crippen LogP contribution < -0.4 is 15.0 Å². The van der Waals surface area contributed by atoms with Crippen LogP contribution >= 0.6 is 11.6 Å². The molecule has 7 heteroatoms. The first kappa shape index (κ1) is 16.3. The second kappa shape index (κ2) is 6.88. The molecule has 1 aromatic carbocycles. The predicted octanol–water partition coefficient (Wildman–Crippen LogP) is 3.01. The van der Waals surface area contributed by atoms with Crippen LogP contribution in [0.15, 0.2) is 36.5 Å². The summed E-state index contributed by atoms with van der Waals surface area (Å²) in [7, 11) is 0. The molecule has 1 N–H and O–H groups in total. The number of carbonyl (C=O) groups excluding carboxylic acids is 2. The Morgan fingerprint density at radius 1 is 1.38 bits per heavy atom. The van der Waals surface area contributed by atoms with Crippen molar-refractivity contribution in [2.45, 2.75) is 13.3 Å². The third-order valence-electron chi connectivity index (χ3n) is 3.54. The molecule has 0 unspecified atom stereocenters. The molecule has 2 amide bonds. The van der Waals surface area contributed by atoms with Crippen LogP contribution in [0.1, 0.15) is 23.7 Å². The summed E-state index contributed by atoms with van der Waals surface area (Å²) < 4.78 is 5.76. The number of aromatic nitrogens is 1. The summed E-state index contributed by atoms with van der Waals surface area (Å²) in [6.45, 7) is 2.39. The van der Waals surface area contributed by atoms with E-state index < -0.39 is 0 Å². The van der Waals surface area contributed by atoms with E-state index >= 15 is 0 Å². The number of pyridine rings is 1. The molecule has 3 rings (SSSR count). The normalized spacial score (nSPS) is 12.8. The van der Waals surface area contributed by atoms with E-state index in [9.17, 15) is 9.59 Å². The van der Waals surface area contributed by atoms with Crippen LogP contribution in [-0.4, -0.2) is 29.9 Å². The second-order valence-corrected chi connectivity index (χ2v) is 5.75. The van der Waals surface area contributed by atoms with E-state index in [0.717, 1.165) is 6.42 Å². The molecular weight excluding hydrogens is 330 g/mol. The highest BCUT2D eigenvalue weighted by molar-refractivity contribution is 6.31. The highest BCUT2D eigenvalue weighted by atomic mass is 35.5. The standard InChI is InChI=1S/C17H16ClN3O3/c1-2-7-19-15(22)10-21-13-9-11(18)5-6-14(13)24-16-12(17(21)23)4-3-8-20-16/h3-6,8-9H,2,7,10H2,1H3,(H,19,22). The van der Waals surface area contributed by atoms with E-state index in [1.165, 1.54) is 4.90 Å². The molecule has 0 saturated heterocycles. The minimum absolute atomic E-state index is 0.121. The van der Waals surface area contributed by atoms with Gasteiger partial charge in [0.25, 0.3) is 5.91 Å². The minimum atomic E-state index is -0.356. The lowest BCUT2D eigenvalue weighted by Crippen LogP contribution is -2.40. The van der Waals surface area contributed by atoms with E-state index in [2.05, 4.69) is 10.3 Å². The highest BCUT2D eigenvalue weighted by Crippen LogP contribution is 2.39. The zero-order valence-electron chi connectivity index (χ0n) is 13.1. The highest BCUT2D eigenvalue weighted by Gasteiger charge is 2.30. The van der Waals surface area contributed by atoms with Gasteiger partial charge in [-0.2, -0.15) is 0 Å². The first-order valence-corrected chi connectivity index (χ1v) is 7.99. The van der Waals surface area contributed by atoms with E-state index in [4.69, 9.17) is 16.3 Å². The number of halogens is 1. The maximum atomic E-state index is 12.9. The first-order chi connectivity index (χ1) is 11.6. The van der Waals surface area contributed by atoms with Crippen molar-refractivity contribution in [1.29, 1.82) is 0 Å². The molecule has 0 radical (unpaired) electrons. The Kier molecular flexibility index (Phi) is 4.66. The lowest BCUT2D eigenvalue weighted by Gasteiger charge is -2.21. The van der Waals surface area contributed by atoms with Gasteiger partial charge in [0, 0.05) is 17.8 Å². The van der Waals surface area contributed by atoms with Gasteiger partial charge in [-0.3, -0.25) is 14.5 Å². The van der Waals surface area contributed by atoms with Crippen LogP contribution in [0, 0.1) is 0 Å². The topological polar surface area (TPSA) is 71.5 Å². The lowest BCUT2D eigenvalue weighted by molar-refractivity contribution is -0.119. The van der Waals surface area contributed by atoms with Gasteiger partial charge in [0.1, 0.15) is 12.1 Å². The molecule has 2 heterocycles. The average Bonchev–Trinajstić information content (AvgIpc) is 2.69. The molecule has 0 bridgehead atoms. The number of fused-ring (bicyclic) bond motifs is 2. The van der Waals surface area contributed by atoms with Gasteiger partial charge in [0.15, 0.2) is 5.75 Å². The molecule has 0 spiro atoms. The molecular formula is C17H16ClN3O3. The summed E-state index contributed by atoms with van der Waals surface area (Å²) in [6.07, 6.45) is 2.36. The third-order valence-corrected chi connectivity index (χ3v) is 3.77. The number of ether oxygens (including phenoxy) is 1. The number of carbonyl (C=O) groups is 2. The summed E-state index contributed by atoms with van der Waals surface area (Å²) in [5.74, 6) is 0.0326. The summed E-state index contributed by atoms with van der Waals surface area (Å²) >= 11 is 6.06. The SMILES string of the molecule is CCCNC(=O)CN1C(=O)c2cccnc2Oc2ccc(Cl)cc21. The molecule has 6 nitrogen and oxygen atoms in total. The fraction of sp³-hybridized carbons (Fsp3) is 0.235. The van der Waals surface area contributed by atoms with Crippen molar-refractivity contribution in [3.8, 4) is 11.6 Å². The number of nitrogens with one attached hydrogen (secondary N) is 1. The Morgan fingerprint density at radius 2 is 2.21 bits per heavy atom. The van der Waals surface area contributed by atoms with E-state index in [-0.39, 0.29) is 24.2 Å². The van der Waals surface area contributed by atoms with E-state index in [1.54, 1.807) is 36.5 Å². The largest absolute Gasteiger partial charge is 0.436 e. The Hall–Kier alpha value is -2.60. The molecule has 24 heavy (non-hydrogen) atoms. The molecule has 124 valence electrons. The van der Waals surface area contributed by atoms with Crippen molar-refractivity contribution in [2.75, 3.05) is 18.0 Å². The number of hydrogen-bond acceptors (Lipinski definition) is 4. The number of nitrogens with zero attached hydrogens (tertiary/aromatic N) is 2. The zero-order chi connectivity index (χ0) is 17.1. The maximum Gasteiger partial charge on any atom is 0.264 e. The van der Waals surface area contributed by atoms with Crippen LogP contribution in [-0.2, 0) is 4.79 Å². The molecule has 0 aliphatic carbocycles. The Morgan fingerprint density at radius 3 is 3.00 bits per heavy atom. The van der Waals surface area contributed by atoms with Gasteiger partial charge in [-0.05, 0) is 36.8 Å². The monoisotopic (exact) mass is 345 g/mol. The number of anilines is 1. The number of amides is 2. The molecule has 0 atom stereocenters. The van der Waals surface area contributed by atoms with Crippen molar-refractivity contribution in [3.63, 3.8) is 0 Å². The van der Waals surface area contributed by atoms with E-state index in [1.807, 2.05) is 6.92 Å². The minimum Gasteiger partial charge on any atom is -0.436 e. The first-order valence-electron chi connectivity index (χ1n) is 7.61. The second-order valence-electron chi connectivity index (χ2n) is 5.31. The predicted molar refractivity (Wildman–Crippen MR) is 90.7 cm³/mol. The molecule has 0 fully saturated rings. The van der Waals surface area contributed by atoms with Gasteiger partial charge < -0.3 is 10.1 Å².